The lowest BCUT2D eigenvalue weighted by molar-refractivity contribution is -0.148. The van der Waals surface area contributed by atoms with Crippen molar-refractivity contribution >= 4 is 16.0 Å². The van der Waals surface area contributed by atoms with Crippen LogP contribution in [0.4, 0.5) is 4.39 Å². The van der Waals surface area contributed by atoms with E-state index in [-0.39, 0.29) is 5.75 Å². The second-order valence-electron chi connectivity index (χ2n) is 5.67. The van der Waals surface area contributed by atoms with E-state index in [2.05, 4.69) is 4.72 Å². The summed E-state index contributed by atoms with van der Waals surface area (Å²) in [5.74, 6) is -1.72. The number of sulfonamides is 1. The zero-order valence-corrected chi connectivity index (χ0v) is 12.5. The molecule has 1 fully saturated rings. The van der Waals surface area contributed by atoms with Crippen molar-refractivity contribution in [2.45, 2.75) is 38.0 Å². The highest BCUT2D eigenvalue weighted by molar-refractivity contribution is 7.88. The Hall–Kier alpha value is -1.47. The number of benzene rings is 1. The molecule has 0 aliphatic heterocycles. The van der Waals surface area contributed by atoms with Gasteiger partial charge in [0.2, 0.25) is 10.0 Å². The van der Waals surface area contributed by atoms with Gasteiger partial charge in [-0.1, -0.05) is 18.6 Å². The number of carbonyl (C=O) groups is 1. The predicted molar refractivity (Wildman–Crippen MR) is 75.5 cm³/mol. The van der Waals surface area contributed by atoms with E-state index >= 15 is 0 Å². The molecular formula is C14H18FNO4S. The van der Waals surface area contributed by atoms with E-state index in [1.807, 2.05) is 0 Å². The molecule has 0 aromatic heterocycles. The van der Waals surface area contributed by atoms with Gasteiger partial charge in [-0.25, -0.2) is 17.5 Å². The van der Waals surface area contributed by atoms with Gasteiger partial charge in [-0.3, -0.25) is 4.79 Å². The van der Waals surface area contributed by atoms with Gasteiger partial charge in [-0.15, -0.1) is 0 Å². The van der Waals surface area contributed by atoms with Crippen LogP contribution in [0.2, 0.25) is 0 Å². The molecule has 1 aliphatic carbocycles. The Morgan fingerprint density at radius 1 is 1.43 bits per heavy atom. The molecular weight excluding hydrogens is 297 g/mol. The largest absolute Gasteiger partial charge is 0.481 e. The minimum absolute atomic E-state index is 0.292. The molecule has 1 saturated carbocycles. The molecule has 1 aliphatic rings. The zero-order chi connectivity index (χ0) is 15.7. The molecule has 0 radical (unpaired) electrons. The van der Waals surface area contributed by atoms with E-state index in [0.717, 1.165) is 0 Å². The summed E-state index contributed by atoms with van der Waals surface area (Å²) >= 11 is 0. The maximum absolute atomic E-state index is 12.8. The maximum Gasteiger partial charge on any atom is 0.310 e. The minimum Gasteiger partial charge on any atom is -0.481 e. The minimum atomic E-state index is -3.67. The Kier molecular flexibility index (Phi) is 4.34. The first-order chi connectivity index (χ1) is 9.73. The monoisotopic (exact) mass is 315 g/mol. The van der Waals surface area contributed by atoms with E-state index in [1.165, 1.54) is 24.3 Å². The Morgan fingerprint density at radius 3 is 2.62 bits per heavy atom. The number of halogens is 1. The number of hydrogen-bond acceptors (Lipinski definition) is 3. The maximum atomic E-state index is 12.8. The molecule has 0 amide bonds. The molecule has 2 N–H and O–H groups in total. The molecule has 7 heteroatoms. The molecule has 2 rings (SSSR count). The smallest absolute Gasteiger partial charge is 0.310 e. The van der Waals surface area contributed by atoms with Gasteiger partial charge in [-0.05, 0) is 37.5 Å². The molecule has 0 heterocycles. The number of carboxylic acid groups (broad SMARTS) is 1. The summed E-state index contributed by atoms with van der Waals surface area (Å²) < 4.78 is 39.6. The van der Waals surface area contributed by atoms with Crippen LogP contribution in [-0.2, 0) is 20.6 Å². The average Bonchev–Trinajstić information content (AvgIpc) is 2.74. The summed E-state index contributed by atoms with van der Waals surface area (Å²) in [6, 6.07) is 4.59. The van der Waals surface area contributed by atoms with Gasteiger partial charge in [0.15, 0.2) is 0 Å². The molecule has 0 spiro atoms. The fraction of sp³-hybridized carbons (Fsp3) is 0.500. The van der Waals surface area contributed by atoms with Crippen LogP contribution in [0.3, 0.4) is 0 Å². The molecule has 116 valence electrons. The van der Waals surface area contributed by atoms with Crippen LogP contribution in [0.1, 0.15) is 31.7 Å². The van der Waals surface area contributed by atoms with Gasteiger partial charge in [0.25, 0.3) is 0 Å². The highest BCUT2D eigenvalue weighted by Gasteiger charge is 2.46. The van der Waals surface area contributed by atoms with Crippen molar-refractivity contribution in [1.29, 1.82) is 0 Å². The SMILES string of the molecule is CC1(C(=O)O)CCCC1NS(=O)(=O)Cc1ccc(F)cc1. The lowest BCUT2D eigenvalue weighted by Crippen LogP contribution is -2.47. The molecule has 1 aromatic rings. The van der Waals surface area contributed by atoms with Crippen molar-refractivity contribution in [3.63, 3.8) is 0 Å². The molecule has 2 unspecified atom stereocenters. The second-order valence-corrected chi connectivity index (χ2v) is 7.42. The third-order valence-corrected chi connectivity index (χ3v) is 5.40. The van der Waals surface area contributed by atoms with Crippen molar-refractivity contribution in [2.24, 2.45) is 5.41 Å². The number of rotatable bonds is 5. The van der Waals surface area contributed by atoms with E-state index < -0.39 is 33.3 Å². The second kappa shape index (κ2) is 5.73. The van der Waals surface area contributed by atoms with E-state index in [0.29, 0.717) is 24.8 Å². The lowest BCUT2D eigenvalue weighted by atomic mass is 9.85. The Balaban J connectivity index is 2.10. The third kappa shape index (κ3) is 3.59. The van der Waals surface area contributed by atoms with Crippen molar-refractivity contribution in [2.75, 3.05) is 0 Å². The fourth-order valence-corrected chi connectivity index (χ4v) is 4.20. The van der Waals surface area contributed by atoms with Gasteiger partial charge >= 0.3 is 5.97 Å². The number of nitrogens with one attached hydrogen (secondary N) is 1. The Bertz CT molecular complexity index is 629. The molecule has 5 nitrogen and oxygen atoms in total. The van der Waals surface area contributed by atoms with Crippen LogP contribution in [-0.4, -0.2) is 25.5 Å². The standard InChI is InChI=1S/C14H18FNO4S/c1-14(13(17)18)8-2-3-12(14)16-21(19,20)9-10-4-6-11(15)7-5-10/h4-7,12,16H,2-3,8-9H2,1H3,(H,17,18). The predicted octanol–water partition coefficient (Wildman–Crippen LogP) is 1.89. The summed E-state index contributed by atoms with van der Waals surface area (Å²) in [5, 5.41) is 9.28. The van der Waals surface area contributed by atoms with Gasteiger partial charge in [0.1, 0.15) is 5.82 Å². The number of hydrogen-bond donors (Lipinski definition) is 2. The summed E-state index contributed by atoms with van der Waals surface area (Å²) in [4.78, 5) is 11.3. The van der Waals surface area contributed by atoms with Crippen molar-refractivity contribution in [1.82, 2.24) is 4.72 Å². The highest BCUT2D eigenvalue weighted by Crippen LogP contribution is 2.38. The lowest BCUT2D eigenvalue weighted by Gasteiger charge is -2.27. The average molecular weight is 315 g/mol. The number of carboxylic acids is 1. The van der Waals surface area contributed by atoms with Crippen molar-refractivity contribution in [3.8, 4) is 0 Å². The van der Waals surface area contributed by atoms with E-state index in [1.54, 1.807) is 6.92 Å². The van der Waals surface area contributed by atoms with Crippen LogP contribution >= 0.6 is 0 Å². The van der Waals surface area contributed by atoms with Crippen LogP contribution in [0.15, 0.2) is 24.3 Å². The summed E-state index contributed by atoms with van der Waals surface area (Å²) in [6.45, 7) is 1.56. The molecule has 1 aromatic carbocycles. The summed E-state index contributed by atoms with van der Waals surface area (Å²) in [6.07, 6.45) is 1.63. The van der Waals surface area contributed by atoms with Crippen molar-refractivity contribution < 1.29 is 22.7 Å². The van der Waals surface area contributed by atoms with Gasteiger partial charge < -0.3 is 5.11 Å². The van der Waals surface area contributed by atoms with E-state index in [9.17, 15) is 22.7 Å². The molecule has 0 bridgehead atoms. The molecule has 0 saturated heterocycles. The van der Waals surface area contributed by atoms with Crippen LogP contribution < -0.4 is 4.72 Å². The van der Waals surface area contributed by atoms with Gasteiger partial charge in [-0.2, -0.15) is 0 Å². The summed E-state index contributed by atoms with van der Waals surface area (Å²) in [7, 11) is -3.67. The fourth-order valence-electron chi connectivity index (χ4n) is 2.67. The first kappa shape index (κ1) is 15.9. The van der Waals surface area contributed by atoms with Gasteiger partial charge in [0.05, 0.1) is 11.2 Å². The molecule has 2 atom stereocenters. The quantitative estimate of drug-likeness (QED) is 0.869. The topological polar surface area (TPSA) is 83.5 Å². The number of aliphatic carboxylic acids is 1. The van der Waals surface area contributed by atoms with E-state index in [4.69, 9.17) is 0 Å². The Morgan fingerprint density at radius 2 is 2.05 bits per heavy atom. The van der Waals surface area contributed by atoms with Gasteiger partial charge in [0, 0.05) is 6.04 Å². The van der Waals surface area contributed by atoms with Crippen molar-refractivity contribution in [3.05, 3.63) is 35.6 Å². The summed E-state index contributed by atoms with van der Waals surface area (Å²) in [5.41, 5.74) is -0.616. The Labute approximate surface area is 123 Å². The molecule has 21 heavy (non-hydrogen) atoms. The zero-order valence-electron chi connectivity index (χ0n) is 11.7. The van der Waals surface area contributed by atoms with Crippen LogP contribution in [0.5, 0.6) is 0 Å². The third-order valence-electron chi connectivity index (χ3n) is 4.04. The normalized spacial score (nSPS) is 25.9. The highest BCUT2D eigenvalue weighted by atomic mass is 32.2. The van der Waals surface area contributed by atoms with Crippen LogP contribution in [0.25, 0.3) is 0 Å². The van der Waals surface area contributed by atoms with Crippen LogP contribution in [0, 0.1) is 11.2 Å². The first-order valence-electron chi connectivity index (χ1n) is 6.71. The first-order valence-corrected chi connectivity index (χ1v) is 8.36.